The number of sulfonamides is 1. The van der Waals surface area contributed by atoms with Gasteiger partial charge in [0.15, 0.2) is 5.96 Å². The SMILES string of the molecule is CCOCCCNC(=NC)N1CCN(S(=O)(=O)CCOC(C)C)CC1. The van der Waals surface area contributed by atoms with Crippen molar-refractivity contribution in [1.29, 1.82) is 0 Å². The third kappa shape index (κ3) is 8.35. The van der Waals surface area contributed by atoms with Crippen molar-refractivity contribution in [3.63, 3.8) is 0 Å². The molecule has 0 aromatic carbocycles. The Morgan fingerprint density at radius 3 is 2.44 bits per heavy atom. The summed E-state index contributed by atoms with van der Waals surface area (Å²) in [5, 5.41) is 3.31. The van der Waals surface area contributed by atoms with Crippen LogP contribution in [-0.2, 0) is 19.5 Å². The molecule has 0 aromatic rings. The number of aliphatic imine (C=N–C) groups is 1. The fourth-order valence-corrected chi connectivity index (χ4v) is 3.83. The fourth-order valence-electron chi connectivity index (χ4n) is 2.55. The van der Waals surface area contributed by atoms with Crippen LogP contribution in [0, 0.1) is 0 Å². The number of nitrogens with one attached hydrogen (secondary N) is 1. The van der Waals surface area contributed by atoms with Gasteiger partial charge in [0.1, 0.15) is 0 Å². The number of ether oxygens (including phenoxy) is 2. The third-order valence-electron chi connectivity index (χ3n) is 3.89. The topological polar surface area (TPSA) is 83.5 Å². The van der Waals surface area contributed by atoms with Crippen molar-refractivity contribution in [2.75, 3.05) is 65.3 Å². The van der Waals surface area contributed by atoms with E-state index in [0.29, 0.717) is 26.2 Å². The van der Waals surface area contributed by atoms with Crippen LogP contribution in [0.2, 0.25) is 0 Å². The lowest BCUT2D eigenvalue weighted by Gasteiger charge is -2.35. The van der Waals surface area contributed by atoms with Gasteiger partial charge in [-0.3, -0.25) is 4.99 Å². The van der Waals surface area contributed by atoms with Gasteiger partial charge in [0.05, 0.1) is 18.5 Å². The number of piperazine rings is 1. The van der Waals surface area contributed by atoms with Crippen LogP contribution in [0.1, 0.15) is 27.2 Å². The van der Waals surface area contributed by atoms with Crippen LogP contribution in [0.3, 0.4) is 0 Å². The minimum atomic E-state index is -3.26. The molecule has 1 N–H and O–H groups in total. The number of hydrogen-bond donors (Lipinski definition) is 1. The van der Waals surface area contributed by atoms with Gasteiger partial charge in [-0.2, -0.15) is 4.31 Å². The second kappa shape index (κ2) is 11.7. The summed E-state index contributed by atoms with van der Waals surface area (Å²) in [6, 6.07) is 0. The molecule has 1 aliphatic heterocycles. The molecule has 0 aromatic heterocycles. The van der Waals surface area contributed by atoms with Crippen molar-refractivity contribution in [3.8, 4) is 0 Å². The second-order valence-corrected chi connectivity index (χ2v) is 8.23. The summed E-state index contributed by atoms with van der Waals surface area (Å²) in [5.41, 5.74) is 0. The molecule has 9 heteroatoms. The maximum atomic E-state index is 12.4. The van der Waals surface area contributed by atoms with E-state index in [-0.39, 0.29) is 18.5 Å². The summed E-state index contributed by atoms with van der Waals surface area (Å²) in [7, 11) is -1.51. The number of guanidine groups is 1. The van der Waals surface area contributed by atoms with E-state index in [4.69, 9.17) is 9.47 Å². The third-order valence-corrected chi connectivity index (χ3v) is 5.72. The minimum absolute atomic E-state index is 0.0373. The standard InChI is InChI=1S/C16H34N4O4S/c1-5-23-12-6-7-18-16(17-4)19-8-10-20(11-9-19)25(21,22)14-13-24-15(2)3/h15H,5-14H2,1-4H3,(H,17,18). The Labute approximate surface area is 152 Å². The lowest BCUT2D eigenvalue weighted by atomic mass is 10.4. The van der Waals surface area contributed by atoms with Gasteiger partial charge in [-0.05, 0) is 27.2 Å². The molecule has 0 spiro atoms. The van der Waals surface area contributed by atoms with Gasteiger partial charge in [0, 0.05) is 53.0 Å². The van der Waals surface area contributed by atoms with E-state index in [0.717, 1.165) is 32.1 Å². The lowest BCUT2D eigenvalue weighted by molar-refractivity contribution is 0.0904. The molecule has 25 heavy (non-hydrogen) atoms. The molecule has 0 unspecified atom stereocenters. The van der Waals surface area contributed by atoms with Crippen LogP contribution in [0.25, 0.3) is 0 Å². The van der Waals surface area contributed by atoms with Gasteiger partial charge in [0.25, 0.3) is 0 Å². The molecule has 1 aliphatic rings. The first-order chi connectivity index (χ1) is 11.9. The molecule has 0 amide bonds. The monoisotopic (exact) mass is 378 g/mol. The second-order valence-electron chi connectivity index (χ2n) is 6.15. The van der Waals surface area contributed by atoms with Crippen molar-refractivity contribution < 1.29 is 17.9 Å². The van der Waals surface area contributed by atoms with E-state index >= 15 is 0 Å². The van der Waals surface area contributed by atoms with Crippen LogP contribution in [0.5, 0.6) is 0 Å². The molecule has 0 saturated carbocycles. The van der Waals surface area contributed by atoms with Gasteiger partial charge >= 0.3 is 0 Å². The summed E-state index contributed by atoms with van der Waals surface area (Å²) >= 11 is 0. The molecule has 0 aliphatic carbocycles. The summed E-state index contributed by atoms with van der Waals surface area (Å²) in [5.74, 6) is 0.854. The fraction of sp³-hybridized carbons (Fsp3) is 0.938. The quantitative estimate of drug-likeness (QED) is 0.336. The predicted octanol–water partition coefficient (Wildman–Crippen LogP) is 0.361. The first kappa shape index (κ1) is 22.1. The molecule has 1 saturated heterocycles. The highest BCUT2D eigenvalue weighted by atomic mass is 32.2. The van der Waals surface area contributed by atoms with E-state index in [2.05, 4.69) is 15.2 Å². The first-order valence-electron chi connectivity index (χ1n) is 9.03. The zero-order valence-electron chi connectivity index (χ0n) is 16.0. The zero-order chi connectivity index (χ0) is 18.7. The van der Waals surface area contributed by atoms with Crippen molar-refractivity contribution >= 4 is 16.0 Å². The number of rotatable bonds is 10. The Morgan fingerprint density at radius 1 is 1.20 bits per heavy atom. The van der Waals surface area contributed by atoms with Gasteiger partial charge in [-0.15, -0.1) is 0 Å². The molecular formula is C16H34N4O4S. The van der Waals surface area contributed by atoms with Gasteiger partial charge in [-0.25, -0.2) is 8.42 Å². The normalized spacial score (nSPS) is 17.3. The van der Waals surface area contributed by atoms with Crippen molar-refractivity contribution in [2.45, 2.75) is 33.3 Å². The van der Waals surface area contributed by atoms with Gasteiger partial charge < -0.3 is 19.7 Å². The molecule has 0 radical (unpaired) electrons. The van der Waals surface area contributed by atoms with Crippen LogP contribution >= 0.6 is 0 Å². The molecule has 1 rings (SSSR count). The largest absolute Gasteiger partial charge is 0.382 e. The number of nitrogens with zero attached hydrogens (tertiary/aromatic N) is 3. The summed E-state index contributed by atoms with van der Waals surface area (Å²) < 4.78 is 36.9. The minimum Gasteiger partial charge on any atom is -0.382 e. The van der Waals surface area contributed by atoms with Crippen LogP contribution in [0.4, 0.5) is 0 Å². The van der Waals surface area contributed by atoms with E-state index < -0.39 is 10.0 Å². The van der Waals surface area contributed by atoms with Crippen LogP contribution in [-0.4, -0.2) is 95.0 Å². The smallest absolute Gasteiger partial charge is 0.216 e. The zero-order valence-corrected chi connectivity index (χ0v) is 16.8. The van der Waals surface area contributed by atoms with Gasteiger partial charge in [-0.1, -0.05) is 0 Å². The highest BCUT2D eigenvalue weighted by Crippen LogP contribution is 2.09. The van der Waals surface area contributed by atoms with Gasteiger partial charge in [0.2, 0.25) is 10.0 Å². The van der Waals surface area contributed by atoms with E-state index in [1.54, 1.807) is 11.4 Å². The first-order valence-corrected chi connectivity index (χ1v) is 10.6. The molecular weight excluding hydrogens is 344 g/mol. The molecule has 8 nitrogen and oxygen atoms in total. The van der Waals surface area contributed by atoms with Crippen LogP contribution < -0.4 is 5.32 Å². The average Bonchev–Trinajstić information content (AvgIpc) is 2.58. The van der Waals surface area contributed by atoms with E-state index in [9.17, 15) is 8.42 Å². The Bertz CT molecular complexity index is 488. The van der Waals surface area contributed by atoms with Crippen molar-refractivity contribution in [1.82, 2.24) is 14.5 Å². The summed E-state index contributed by atoms with van der Waals surface area (Å²) in [4.78, 5) is 6.38. The molecule has 1 fully saturated rings. The Hall–Kier alpha value is -0.900. The highest BCUT2D eigenvalue weighted by Gasteiger charge is 2.27. The highest BCUT2D eigenvalue weighted by molar-refractivity contribution is 7.89. The van der Waals surface area contributed by atoms with Crippen LogP contribution in [0.15, 0.2) is 4.99 Å². The molecule has 0 bridgehead atoms. The molecule has 148 valence electrons. The lowest BCUT2D eigenvalue weighted by Crippen LogP contribution is -2.54. The summed E-state index contributed by atoms with van der Waals surface area (Å²) in [6.07, 6.45) is 0.959. The maximum absolute atomic E-state index is 12.4. The average molecular weight is 379 g/mol. The van der Waals surface area contributed by atoms with E-state index in [1.165, 1.54) is 0 Å². The number of hydrogen-bond acceptors (Lipinski definition) is 5. The molecule has 1 heterocycles. The van der Waals surface area contributed by atoms with E-state index in [1.807, 2.05) is 20.8 Å². The van der Waals surface area contributed by atoms with Crippen molar-refractivity contribution in [2.24, 2.45) is 4.99 Å². The summed E-state index contributed by atoms with van der Waals surface area (Å²) in [6.45, 7) is 10.5. The van der Waals surface area contributed by atoms with Crippen molar-refractivity contribution in [3.05, 3.63) is 0 Å². The molecule has 0 atom stereocenters. The Kier molecular flexibility index (Phi) is 10.3. The Balaban J connectivity index is 2.38. The Morgan fingerprint density at radius 2 is 1.88 bits per heavy atom. The maximum Gasteiger partial charge on any atom is 0.216 e. The predicted molar refractivity (Wildman–Crippen MR) is 100 cm³/mol.